The number of aryl methyl sites for hydroxylation is 2. The first kappa shape index (κ1) is 23.7. The first-order chi connectivity index (χ1) is 16.1. The third-order valence-electron chi connectivity index (χ3n) is 5.77. The van der Waals surface area contributed by atoms with Crippen molar-refractivity contribution in [2.45, 2.75) is 32.5 Å². The summed E-state index contributed by atoms with van der Waals surface area (Å²) in [5.74, 6) is -0.475. The normalized spacial score (nSPS) is 11.9. The fourth-order valence-corrected chi connectivity index (χ4v) is 5.44. The predicted octanol–water partition coefficient (Wildman–Crippen LogP) is 4.35. The number of thiophene rings is 1. The number of carbonyl (C=O) groups excluding carboxylic acids is 1. The van der Waals surface area contributed by atoms with E-state index in [-0.39, 0.29) is 22.9 Å². The maximum atomic E-state index is 13.7. The van der Waals surface area contributed by atoms with Gasteiger partial charge >= 0.3 is 11.9 Å². The van der Waals surface area contributed by atoms with Crippen molar-refractivity contribution in [1.29, 1.82) is 0 Å². The standard InChI is InChI=1S/C24H22F3N3O3S/c1-4-11-30-22-19(21(32)29(3)23(30)33)18(20(31)16-10-7-12-28(16)2)17(34-22)13-14-8-5-6-9-15(14)24(25,26)27/h5-10,12H,4,11,13H2,1-3H3. The Morgan fingerprint density at radius 1 is 1.06 bits per heavy atom. The zero-order valence-corrected chi connectivity index (χ0v) is 19.6. The average Bonchev–Trinajstić information content (AvgIpc) is 3.38. The van der Waals surface area contributed by atoms with Crippen LogP contribution >= 0.6 is 11.3 Å². The highest BCUT2D eigenvalue weighted by molar-refractivity contribution is 7.19. The molecule has 0 radical (unpaired) electrons. The van der Waals surface area contributed by atoms with Gasteiger partial charge in [0.25, 0.3) is 5.56 Å². The van der Waals surface area contributed by atoms with Gasteiger partial charge in [0, 0.05) is 38.1 Å². The molecular weight excluding hydrogens is 467 g/mol. The maximum Gasteiger partial charge on any atom is 0.416 e. The smallest absolute Gasteiger partial charge is 0.348 e. The highest BCUT2D eigenvalue weighted by Gasteiger charge is 2.34. The van der Waals surface area contributed by atoms with E-state index in [1.54, 1.807) is 29.9 Å². The molecule has 10 heteroatoms. The molecule has 0 atom stereocenters. The summed E-state index contributed by atoms with van der Waals surface area (Å²) in [5, 5.41) is 0.0613. The zero-order chi connectivity index (χ0) is 24.8. The fraction of sp³-hybridized carbons (Fsp3) is 0.292. The van der Waals surface area contributed by atoms with Crippen molar-refractivity contribution in [3.05, 3.63) is 90.7 Å². The highest BCUT2D eigenvalue weighted by atomic mass is 32.1. The number of aromatic nitrogens is 3. The third-order valence-corrected chi connectivity index (χ3v) is 6.98. The molecule has 0 fully saturated rings. The molecule has 0 bridgehead atoms. The summed E-state index contributed by atoms with van der Waals surface area (Å²) in [7, 11) is 3.01. The van der Waals surface area contributed by atoms with E-state index in [2.05, 4.69) is 0 Å². The van der Waals surface area contributed by atoms with Crippen LogP contribution < -0.4 is 11.2 Å². The van der Waals surface area contributed by atoms with Crippen LogP contribution in [0.5, 0.6) is 0 Å². The van der Waals surface area contributed by atoms with E-state index >= 15 is 0 Å². The Morgan fingerprint density at radius 2 is 1.76 bits per heavy atom. The predicted molar refractivity (Wildman–Crippen MR) is 125 cm³/mol. The second kappa shape index (κ2) is 8.75. The molecule has 6 nitrogen and oxygen atoms in total. The number of alkyl halides is 3. The number of hydrogen-bond donors (Lipinski definition) is 0. The molecule has 0 saturated heterocycles. The van der Waals surface area contributed by atoms with E-state index in [0.717, 1.165) is 22.0 Å². The molecule has 3 heterocycles. The van der Waals surface area contributed by atoms with Gasteiger partial charge in [-0.1, -0.05) is 25.1 Å². The fourth-order valence-electron chi connectivity index (χ4n) is 4.11. The number of nitrogens with zero attached hydrogens (tertiary/aromatic N) is 3. The Morgan fingerprint density at radius 3 is 2.38 bits per heavy atom. The molecule has 0 spiro atoms. The minimum Gasteiger partial charge on any atom is -0.348 e. The van der Waals surface area contributed by atoms with Gasteiger partial charge in [0.15, 0.2) is 0 Å². The van der Waals surface area contributed by atoms with Gasteiger partial charge in [-0.15, -0.1) is 11.3 Å². The van der Waals surface area contributed by atoms with E-state index in [9.17, 15) is 27.6 Å². The van der Waals surface area contributed by atoms with Crippen molar-refractivity contribution < 1.29 is 18.0 Å². The SMILES string of the molecule is CCCn1c(=O)n(C)c(=O)c2c(C(=O)c3cccn3C)c(Cc3ccccc3C(F)(F)F)sc21. The van der Waals surface area contributed by atoms with Gasteiger partial charge in [-0.3, -0.25) is 18.7 Å². The third kappa shape index (κ3) is 3.91. The topological polar surface area (TPSA) is 66.0 Å². The summed E-state index contributed by atoms with van der Waals surface area (Å²) in [5.41, 5.74) is -1.64. The van der Waals surface area contributed by atoms with Gasteiger partial charge < -0.3 is 4.57 Å². The maximum absolute atomic E-state index is 13.7. The van der Waals surface area contributed by atoms with Gasteiger partial charge in [0.05, 0.1) is 22.2 Å². The molecule has 0 aliphatic carbocycles. The van der Waals surface area contributed by atoms with Crippen molar-refractivity contribution in [3.63, 3.8) is 0 Å². The minimum absolute atomic E-state index is 0.0105. The summed E-state index contributed by atoms with van der Waals surface area (Å²) in [6.07, 6.45) is -2.51. The molecule has 0 N–H and O–H groups in total. The Kier molecular flexibility index (Phi) is 6.11. The van der Waals surface area contributed by atoms with Crippen LogP contribution in [0, 0.1) is 0 Å². The summed E-state index contributed by atoms with van der Waals surface area (Å²) in [4.78, 5) is 40.3. The number of rotatable bonds is 6. The first-order valence-corrected chi connectivity index (χ1v) is 11.4. The number of fused-ring (bicyclic) bond motifs is 1. The molecule has 4 aromatic rings. The molecular formula is C24H22F3N3O3S. The number of benzene rings is 1. The largest absolute Gasteiger partial charge is 0.416 e. The summed E-state index contributed by atoms with van der Waals surface area (Å²) >= 11 is 1.03. The molecule has 3 aromatic heterocycles. The van der Waals surface area contributed by atoms with Crippen molar-refractivity contribution in [2.24, 2.45) is 14.1 Å². The van der Waals surface area contributed by atoms with E-state index in [1.807, 2.05) is 6.92 Å². The lowest BCUT2D eigenvalue weighted by Gasteiger charge is -2.12. The monoisotopic (exact) mass is 489 g/mol. The van der Waals surface area contributed by atoms with Gasteiger partial charge in [0.1, 0.15) is 4.83 Å². The molecule has 178 valence electrons. The Balaban J connectivity index is 2.06. The van der Waals surface area contributed by atoms with E-state index in [0.29, 0.717) is 28.4 Å². The summed E-state index contributed by atoms with van der Waals surface area (Å²) < 4.78 is 44.9. The quantitative estimate of drug-likeness (QED) is 0.378. The van der Waals surface area contributed by atoms with Gasteiger partial charge in [-0.2, -0.15) is 13.2 Å². The van der Waals surface area contributed by atoms with E-state index in [1.165, 1.54) is 29.8 Å². The van der Waals surface area contributed by atoms with Crippen LogP contribution in [-0.4, -0.2) is 19.5 Å². The van der Waals surface area contributed by atoms with Gasteiger partial charge in [-0.05, 0) is 30.2 Å². The molecule has 0 amide bonds. The van der Waals surface area contributed by atoms with Gasteiger partial charge in [0.2, 0.25) is 5.78 Å². The summed E-state index contributed by atoms with van der Waals surface area (Å²) in [6.45, 7) is 2.17. The second-order valence-electron chi connectivity index (χ2n) is 8.04. The molecule has 34 heavy (non-hydrogen) atoms. The van der Waals surface area contributed by atoms with E-state index < -0.39 is 28.8 Å². The van der Waals surface area contributed by atoms with Crippen molar-refractivity contribution in [2.75, 3.05) is 0 Å². The number of halogens is 3. The van der Waals surface area contributed by atoms with Crippen LogP contribution in [0.2, 0.25) is 0 Å². The van der Waals surface area contributed by atoms with Crippen LogP contribution in [0.1, 0.15) is 45.4 Å². The number of ketones is 1. The van der Waals surface area contributed by atoms with Crippen molar-refractivity contribution in [1.82, 2.24) is 13.7 Å². The Hall–Kier alpha value is -3.40. The van der Waals surface area contributed by atoms with Gasteiger partial charge in [-0.25, -0.2) is 4.79 Å². The first-order valence-electron chi connectivity index (χ1n) is 10.6. The van der Waals surface area contributed by atoms with Crippen LogP contribution in [-0.2, 0) is 33.2 Å². The lowest BCUT2D eigenvalue weighted by atomic mass is 9.98. The summed E-state index contributed by atoms with van der Waals surface area (Å²) in [6, 6.07) is 8.43. The lowest BCUT2D eigenvalue weighted by molar-refractivity contribution is -0.138. The molecule has 0 aliphatic heterocycles. The Labute approximate surface area is 196 Å². The van der Waals surface area contributed by atoms with E-state index in [4.69, 9.17) is 0 Å². The van der Waals surface area contributed by atoms with Crippen LogP contribution in [0.3, 0.4) is 0 Å². The minimum atomic E-state index is -4.57. The molecule has 0 saturated carbocycles. The Bertz CT molecular complexity index is 1520. The van der Waals surface area contributed by atoms with Crippen LogP contribution in [0.15, 0.2) is 52.2 Å². The highest BCUT2D eigenvalue weighted by Crippen LogP contribution is 2.37. The molecule has 4 rings (SSSR count). The number of carbonyl (C=O) groups is 1. The molecule has 0 unspecified atom stereocenters. The number of hydrogen-bond acceptors (Lipinski definition) is 4. The molecule has 1 aromatic carbocycles. The second-order valence-corrected chi connectivity index (χ2v) is 9.13. The lowest BCUT2D eigenvalue weighted by Crippen LogP contribution is -2.38. The zero-order valence-electron chi connectivity index (χ0n) is 18.8. The average molecular weight is 490 g/mol. The molecule has 0 aliphatic rings. The van der Waals surface area contributed by atoms with Crippen LogP contribution in [0.25, 0.3) is 10.2 Å². The van der Waals surface area contributed by atoms with Crippen LogP contribution in [0.4, 0.5) is 13.2 Å². The van der Waals surface area contributed by atoms with Crippen molar-refractivity contribution >= 4 is 27.3 Å². The van der Waals surface area contributed by atoms with Crippen molar-refractivity contribution in [3.8, 4) is 0 Å².